The van der Waals surface area contributed by atoms with E-state index in [1.807, 2.05) is 0 Å². The third kappa shape index (κ3) is 3.16. The Kier molecular flexibility index (Phi) is 4.72. The van der Waals surface area contributed by atoms with Crippen LogP contribution in [0.3, 0.4) is 0 Å². The summed E-state index contributed by atoms with van der Waals surface area (Å²) >= 11 is 0. The van der Waals surface area contributed by atoms with E-state index in [1.165, 1.54) is 23.2 Å². The minimum absolute atomic E-state index is 0.166. The molecule has 2 aromatic rings. The van der Waals surface area contributed by atoms with Gasteiger partial charge < -0.3 is 9.80 Å². The number of fused-ring (bicyclic) bond motifs is 2. The van der Waals surface area contributed by atoms with Gasteiger partial charge in [0.05, 0.1) is 0 Å². The van der Waals surface area contributed by atoms with Crippen LogP contribution in [0.1, 0.15) is 43.2 Å². The Bertz CT molecular complexity index is 835. The van der Waals surface area contributed by atoms with Gasteiger partial charge in [-0.1, -0.05) is 55.0 Å². The first-order valence-electron chi connectivity index (χ1n) is 10.9. The first-order chi connectivity index (χ1) is 13.8. The molecule has 146 valence electrons. The van der Waals surface area contributed by atoms with E-state index >= 15 is 0 Å². The van der Waals surface area contributed by atoms with Gasteiger partial charge in [-0.15, -0.1) is 0 Å². The molecule has 1 saturated heterocycles. The monoisotopic (exact) mass is 374 g/mol. The Labute approximate surface area is 168 Å². The fourth-order valence-electron chi connectivity index (χ4n) is 5.27. The lowest BCUT2D eigenvalue weighted by atomic mass is 9.74. The maximum atomic E-state index is 13.1. The quantitative estimate of drug-likeness (QED) is 0.791. The van der Waals surface area contributed by atoms with Gasteiger partial charge in [-0.05, 0) is 62.4 Å². The van der Waals surface area contributed by atoms with Gasteiger partial charge in [-0.25, -0.2) is 0 Å². The molecule has 0 N–H and O–H groups in total. The van der Waals surface area contributed by atoms with Gasteiger partial charge >= 0.3 is 0 Å². The number of likely N-dealkylation sites (tertiary alicyclic amines) is 1. The molecule has 2 aliphatic heterocycles. The van der Waals surface area contributed by atoms with Crippen LogP contribution in [0.4, 0.5) is 5.69 Å². The van der Waals surface area contributed by atoms with Crippen LogP contribution < -0.4 is 4.90 Å². The van der Waals surface area contributed by atoms with Crippen LogP contribution in [-0.2, 0) is 16.6 Å². The molecule has 2 fully saturated rings. The van der Waals surface area contributed by atoms with Gasteiger partial charge in [-0.3, -0.25) is 4.79 Å². The first kappa shape index (κ1) is 17.9. The van der Waals surface area contributed by atoms with E-state index in [1.54, 1.807) is 0 Å². The second-order valence-electron chi connectivity index (χ2n) is 8.93. The van der Waals surface area contributed by atoms with Crippen molar-refractivity contribution in [2.24, 2.45) is 5.92 Å². The van der Waals surface area contributed by atoms with Crippen LogP contribution in [0, 0.1) is 5.92 Å². The van der Waals surface area contributed by atoms with Gasteiger partial charge in [0.2, 0.25) is 5.91 Å². The molecule has 0 bridgehead atoms. The Hall–Kier alpha value is -2.13. The van der Waals surface area contributed by atoms with Gasteiger partial charge in [-0.2, -0.15) is 0 Å². The maximum Gasteiger partial charge on any atom is 0.230 e. The summed E-state index contributed by atoms with van der Waals surface area (Å²) in [5.41, 5.74) is 4.20. The van der Waals surface area contributed by atoms with E-state index in [9.17, 15) is 4.79 Å². The molecule has 1 spiro atoms. The molecule has 3 aliphatic rings. The third-order valence-electron chi connectivity index (χ3n) is 7.32. The van der Waals surface area contributed by atoms with Gasteiger partial charge in [0.25, 0.3) is 0 Å². The van der Waals surface area contributed by atoms with Gasteiger partial charge in [0, 0.05) is 30.1 Å². The van der Waals surface area contributed by atoms with Crippen LogP contribution in [0.15, 0.2) is 54.6 Å². The number of para-hydroxylation sites is 1. The topological polar surface area (TPSA) is 23.6 Å². The summed E-state index contributed by atoms with van der Waals surface area (Å²) < 4.78 is 0. The highest BCUT2D eigenvalue weighted by molar-refractivity contribution is 5.98. The molecule has 1 amide bonds. The zero-order valence-corrected chi connectivity index (χ0v) is 16.6. The fourth-order valence-corrected chi connectivity index (χ4v) is 5.27. The van der Waals surface area contributed by atoms with E-state index < -0.39 is 0 Å². The van der Waals surface area contributed by atoms with E-state index in [4.69, 9.17) is 0 Å². The molecule has 1 aliphatic carbocycles. The molecular formula is C25H30N2O. The van der Waals surface area contributed by atoms with E-state index in [2.05, 4.69) is 64.4 Å². The van der Waals surface area contributed by atoms with Crippen molar-refractivity contribution in [1.29, 1.82) is 0 Å². The van der Waals surface area contributed by atoms with Gasteiger partial charge in [0.15, 0.2) is 0 Å². The summed E-state index contributed by atoms with van der Waals surface area (Å²) in [5.74, 6) is 0.649. The highest BCUT2D eigenvalue weighted by Gasteiger charge is 2.47. The van der Waals surface area contributed by atoms with Crippen molar-refractivity contribution < 1.29 is 4.79 Å². The van der Waals surface area contributed by atoms with Crippen molar-refractivity contribution in [2.75, 3.05) is 31.1 Å². The second-order valence-corrected chi connectivity index (χ2v) is 8.93. The standard InChI is InChI=1S/C25H30N2O/c28-24(21-9-6-10-21)27-19-25(22-11-4-5-12-23(22)27)14-17-26(18-15-25)16-13-20-7-2-1-3-8-20/h1-5,7-8,11-12,21H,6,9-10,13-19H2. The third-order valence-corrected chi connectivity index (χ3v) is 7.32. The predicted molar refractivity (Wildman–Crippen MR) is 114 cm³/mol. The average Bonchev–Trinajstić information content (AvgIpc) is 3.02. The summed E-state index contributed by atoms with van der Waals surface area (Å²) in [5, 5.41) is 0. The smallest absolute Gasteiger partial charge is 0.230 e. The maximum absolute atomic E-state index is 13.1. The number of rotatable bonds is 4. The SMILES string of the molecule is O=C(C1CCC1)N1CC2(CCN(CCc3ccccc3)CC2)c2ccccc21. The highest BCUT2D eigenvalue weighted by Crippen LogP contribution is 2.48. The van der Waals surface area contributed by atoms with E-state index in [-0.39, 0.29) is 11.3 Å². The molecule has 3 nitrogen and oxygen atoms in total. The first-order valence-corrected chi connectivity index (χ1v) is 10.9. The molecule has 0 atom stereocenters. The fraction of sp³-hybridized carbons (Fsp3) is 0.480. The summed E-state index contributed by atoms with van der Waals surface area (Å²) in [6.45, 7) is 4.29. The zero-order valence-electron chi connectivity index (χ0n) is 16.6. The van der Waals surface area contributed by atoms with Crippen molar-refractivity contribution >= 4 is 11.6 Å². The summed E-state index contributed by atoms with van der Waals surface area (Å²) in [6, 6.07) is 19.5. The lowest BCUT2D eigenvalue weighted by Gasteiger charge is -2.40. The lowest BCUT2D eigenvalue weighted by Crippen LogP contribution is -2.47. The number of anilines is 1. The molecule has 2 heterocycles. The molecule has 0 radical (unpaired) electrons. The Morgan fingerprint density at radius 2 is 1.68 bits per heavy atom. The van der Waals surface area contributed by atoms with Crippen molar-refractivity contribution in [3.8, 4) is 0 Å². The Morgan fingerprint density at radius 3 is 2.39 bits per heavy atom. The molecule has 28 heavy (non-hydrogen) atoms. The number of carbonyl (C=O) groups excluding carboxylic acids is 1. The largest absolute Gasteiger partial charge is 0.311 e. The van der Waals surface area contributed by atoms with Crippen molar-refractivity contribution in [1.82, 2.24) is 4.90 Å². The minimum Gasteiger partial charge on any atom is -0.311 e. The van der Waals surface area contributed by atoms with Crippen molar-refractivity contribution in [3.05, 3.63) is 65.7 Å². The molecule has 5 rings (SSSR count). The zero-order chi connectivity index (χ0) is 19.0. The number of benzene rings is 2. The molecule has 2 aromatic carbocycles. The van der Waals surface area contributed by atoms with Crippen molar-refractivity contribution in [2.45, 2.75) is 43.9 Å². The van der Waals surface area contributed by atoms with E-state index in [0.29, 0.717) is 5.91 Å². The molecule has 0 unspecified atom stereocenters. The number of piperidine rings is 1. The van der Waals surface area contributed by atoms with Crippen LogP contribution >= 0.6 is 0 Å². The predicted octanol–water partition coefficient (Wildman–Crippen LogP) is 4.41. The van der Waals surface area contributed by atoms with E-state index in [0.717, 1.165) is 58.3 Å². The Balaban J connectivity index is 1.28. The molecule has 1 saturated carbocycles. The van der Waals surface area contributed by atoms with Crippen LogP contribution in [0.5, 0.6) is 0 Å². The molecular weight excluding hydrogens is 344 g/mol. The summed E-state index contributed by atoms with van der Waals surface area (Å²) in [7, 11) is 0. The number of carbonyl (C=O) groups is 1. The highest BCUT2D eigenvalue weighted by atomic mass is 16.2. The summed E-state index contributed by atoms with van der Waals surface area (Å²) in [4.78, 5) is 17.8. The number of hydrogen-bond acceptors (Lipinski definition) is 2. The second kappa shape index (κ2) is 7.36. The van der Waals surface area contributed by atoms with Crippen LogP contribution in [0.25, 0.3) is 0 Å². The lowest BCUT2D eigenvalue weighted by molar-refractivity contribution is -0.124. The number of nitrogens with zero attached hydrogens (tertiary/aromatic N) is 2. The van der Waals surface area contributed by atoms with Crippen LogP contribution in [-0.4, -0.2) is 37.0 Å². The average molecular weight is 375 g/mol. The Morgan fingerprint density at radius 1 is 0.964 bits per heavy atom. The number of amides is 1. The summed E-state index contributed by atoms with van der Waals surface area (Å²) in [6.07, 6.45) is 6.82. The van der Waals surface area contributed by atoms with Crippen LogP contribution in [0.2, 0.25) is 0 Å². The molecule has 3 heteroatoms. The van der Waals surface area contributed by atoms with Crippen molar-refractivity contribution in [3.63, 3.8) is 0 Å². The normalized spacial score (nSPS) is 21.5. The molecule has 0 aromatic heterocycles. The minimum atomic E-state index is 0.166. The number of hydrogen-bond donors (Lipinski definition) is 0. The van der Waals surface area contributed by atoms with Gasteiger partial charge in [0.1, 0.15) is 0 Å².